The summed E-state index contributed by atoms with van der Waals surface area (Å²) in [4.78, 5) is 6.37. The molecule has 2 unspecified atom stereocenters. The SMILES string of the molecule is CCCN1CCOC(C(O)Cc2cccnc2N)C1. The Morgan fingerprint density at radius 2 is 2.47 bits per heavy atom. The number of anilines is 1. The van der Waals surface area contributed by atoms with Gasteiger partial charge in [-0.05, 0) is 24.6 Å². The van der Waals surface area contributed by atoms with Gasteiger partial charge in [0.25, 0.3) is 0 Å². The molecule has 1 fully saturated rings. The molecule has 0 aliphatic carbocycles. The molecule has 0 saturated carbocycles. The first-order chi connectivity index (χ1) is 9.20. The van der Waals surface area contributed by atoms with Gasteiger partial charge in [0.2, 0.25) is 0 Å². The minimum absolute atomic E-state index is 0.139. The summed E-state index contributed by atoms with van der Waals surface area (Å²) in [6.45, 7) is 5.64. The minimum atomic E-state index is -0.536. The van der Waals surface area contributed by atoms with Crippen molar-refractivity contribution in [3.05, 3.63) is 23.9 Å². The Kier molecular flexibility index (Phi) is 5.13. The van der Waals surface area contributed by atoms with Gasteiger partial charge in [-0.1, -0.05) is 13.0 Å². The van der Waals surface area contributed by atoms with Crippen molar-refractivity contribution in [1.82, 2.24) is 9.88 Å². The fourth-order valence-electron chi connectivity index (χ4n) is 2.46. The first-order valence-corrected chi connectivity index (χ1v) is 6.92. The molecule has 5 nitrogen and oxygen atoms in total. The summed E-state index contributed by atoms with van der Waals surface area (Å²) in [5, 5.41) is 10.3. The van der Waals surface area contributed by atoms with Crippen molar-refractivity contribution in [1.29, 1.82) is 0 Å². The Morgan fingerprint density at radius 3 is 3.21 bits per heavy atom. The van der Waals surface area contributed by atoms with E-state index in [4.69, 9.17) is 10.5 Å². The van der Waals surface area contributed by atoms with E-state index in [0.717, 1.165) is 31.6 Å². The molecule has 1 aromatic rings. The van der Waals surface area contributed by atoms with Crippen LogP contribution in [0.4, 0.5) is 5.82 Å². The van der Waals surface area contributed by atoms with Crippen molar-refractivity contribution in [2.75, 3.05) is 32.0 Å². The molecule has 0 spiro atoms. The Balaban J connectivity index is 1.92. The summed E-state index contributed by atoms with van der Waals surface area (Å²) >= 11 is 0. The van der Waals surface area contributed by atoms with Crippen molar-refractivity contribution in [3.8, 4) is 0 Å². The van der Waals surface area contributed by atoms with Gasteiger partial charge in [-0.2, -0.15) is 0 Å². The Hall–Kier alpha value is -1.17. The number of hydrogen-bond donors (Lipinski definition) is 2. The van der Waals surface area contributed by atoms with Gasteiger partial charge in [-0.15, -0.1) is 0 Å². The van der Waals surface area contributed by atoms with Crippen LogP contribution in [0.1, 0.15) is 18.9 Å². The molecule has 19 heavy (non-hydrogen) atoms. The minimum Gasteiger partial charge on any atom is -0.390 e. The lowest BCUT2D eigenvalue weighted by Crippen LogP contribution is -2.48. The van der Waals surface area contributed by atoms with Crippen LogP contribution >= 0.6 is 0 Å². The molecule has 1 aliphatic rings. The number of morpholine rings is 1. The van der Waals surface area contributed by atoms with Gasteiger partial charge >= 0.3 is 0 Å². The number of pyridine rings is 1. The normalized spacial score (nSPS) is 22.3. The number of nitrogens with zero attached hydrogens (tertiary/aromatic N) is 2. The number of aromatic nitrogens is 1. The number of nitrogens with two attached hydrogens (primary N) is 1. The lowest BCUT2D eigenvalue weighted by atomic mass is 10.0. The Labute approximate surface area is 114 Å². The van der Waals surface area contributed by atoms with Gasteiger partial charge < -0.3 is 15.6 Å². The van der Waals surface area contributed by atoms with E-state index >= 15 is 0 Å². The second-order valence-corrected chi connectivity index (χ2v) is 5.03. The van der Waals surface area contributed by atoms with Crippen LogP contribution in [0.3, 0.4) is 0 Å². The number of aliphatic hydroxyl groups is 1. The highest BCUT2D eigenvalue weighted by Crippen LogP contribution is 2.16. The molecule has 2 heterocycles. The van der Waals surface area contributed by atoms with Gasteiger partial charge in [0.1, 0.15) is 5.82 Å². The molecule has 1 aliphatic heterocycles. The monoisotopic (exact) mass is 265 g/mol. The highest BCUT2D eigenvalue weighted by molar-refractivity contribution is 5.38. The van der Waals surface area contributed by atoms with E-state index in [1.54, 1.807) is 6.20 Å². The van der Waals surface area contributed by atoms with E-state index in [2.05, 4.69) is 16.8 Å². The highest BCUT2D eigenvalue weighted by atomic mass is 16.5. The highest BCUT2D eigenvalue weighted by Gasteiger charge is 2.27. The van der Waals surface area contributed by atoms with Crippen LogP contribution in [-0.4, -0.2) is 53.4 Å². The van der Waals surface area contributed by atoms with Gasteiger partial charge in [0.15, 0.2) is 0 Å². The maximum atomic E-state index is 10.3. The smallest absolute Gasteiger partial charge is 0.126 e. The standard InChI is InChI=1S/C14H23N3O2/c1-2-6-17-7-8-19-13(10-17)12(18)9-11-4-3-5-16-14(11)15/h3-5,12-13,18H,2,6-10H2,1H3,(H2,15,16). The van der Waals surface area contributed by atoms with E-state index < -0.39 is 6.10 Å². The third-order valence-corrected chi connectivity index (χ3v) is 3.50. The van der Waals surface area contributed by atoms with E-state index in [9.17, 15) is 5.11 Å². The fraction of sp³-hybridized carbons (Fsp3) is 0.643. The second-order valence-electron chi connectivity index (χ2n) is 5.03. The first-order valence-electron chi connectivity index (χ1n) is 6.92. The van der Waals surface area contributed by atoms with Crippen LogP contribution in [0.2, 0.25) is 0 Å². The topological polar surface area (TPSA) is 71.6 Å². The fourth-order valence-corrected chi connectivity index (χ4v) is 2.46. The molecule has 5 heteroatoms. The van der Waals surface area contributed by atoms with E-state index in [0.29, 0.717) is 18.8 Å². The molecule has 3 N–H and O–H groups in total. The number of aliphatic hydroxyl groups excluding tert-OH is 1. The summed E-state index contributed by atoms with van der Waals surface area (Å²) in [6.07, 6.45) is 2.60. The summed E-state index contributed by atoms with van der Waals surface area (Å²) in [6, 6.07) is 3.74. The number of rotatable bonds is 5. The summed E-state index contributed by atoms with van der Waals surface area (Å²) < 4.78 is 5.68. The van der Waals surface area contributed by atoms with Crippen molar-refractivity contribution in [2.45, 2.75) is 32.0 Å². The number of nitrogen functional groups attached to an aromatic ring is 1. The third-order valence-electron chi connectivity index (χ3n) is 3.50. The lowest BCUT2D eigenvalue weighted by Gasteiger charge is -2.35. The molecular formula is C14H23N3O2. The molecule has 1 aromatic heterocycles. The van der Waals surface area contributed by atoms with Gasteiger partial charge in [-0.3, -0.25) is 4.90 Å². The largest absolute Gasteiger partial charge is 0.390 e. The van der Waals surface area contributed by atoms with Gasteiger partial charge in [-0.25, -0.2) is 4.98 Å². The molecule has 1 saturated heterocycles. The van der Waals surface area contributed by atoms with Crippen LogP contribution in [0, 0.1) is 0 Å². The molecule has 0 radical (unpaired) electrons. The predicted octanol–water partition coefficient (Wildman–Crippen LogP) is 0.678. The molecule has 0 amide bonds. The van der Waals surface area contributed by atoms with E-state index in [1.165, 1.54) is 0 Å². The Bertz CT molecular complexity index is 398. The van der Waals surface area contributed by atoms with Crippen LogP contribution in [-0.2, 0) is 11.2 Å². The quantitative estimate of drug-likeness (QED) is 0.819. The van der Waals surface area contributed by atoms with Crippen molar-refractivity contribution < 1.29 is 9.84 Å². The maximum absolute atomic E-state index is 10.3. The second kappa shape index (κ2) is 6.84. The van der Waals surface area contributed by atoms with Gasteiger partial charge in [0.05, 0.1) is 18.8 Å². The molecule has 106 valence electrons. The zero-order chi connectivity index (χ0) is 13.7. The molecular weight excluding hydrogens is 242 g/mol. The molecule has 0 bridgehead atoms. The zero-order valence-electron chi connectivity index (χ0n) is 11.5. The molecule has 2 atom stereocenters. The maximum Gasteiger partial charge on any atom is 0.126 e. The average Bonchev–Trinajstić information content (AvgIpc) is 2.42. The third kappa shape index (κ3) is 3.89. The van der Waals surface area contributed by atoms with Crippen LogP contribution in [0.5, 0.6) is 0 Å². The average molecular weight is 265 g/mol. The zero-order valence-corrected chi connectivity index (χ0v) is 11.5. The summed E-state index contributed by atoms with van der Waals surface area (Å²) in [5.74, 6) is 0.489. The van der Waals surface area contributed by atoms with Crippen LogP contribution in [0.15, 0.2) is 18.3 Å². The number of ether oxygens (including phenoxy) is 1. The van der Waals surface area contributed by atoms with Crippen LogP contribution < -0.4 is 5.73 Å². The van der Waals surface area contributed by atoms with E-state index in [1.807, 2.05) is 12.1 Å². The molecule has 2 rings (SSSR count). The predicted molar refractivity (Wildman–Crippen MR) is 74.8 cm³/mol. The molecule has 0 aromatic carbocycles. The lowest BCUT2D eigenvalue weighted by molar-refractivity contribution is -0.0877. The van der Waals surface area contributed by atoms with Gasteiger partial charge in [0, 0.05) is 25.7 Å². The van der Waals surface area contributed by atoms with Crippen molar-refractivity contribution in [3.63, 3.8) is 0 Å². The van der Waals surface area contributed by atoms with Crippen LogP contribution in [0.25, 0.3) is 0 Å². The Morgan fingerprint density at radius 1 is 1.63 bits per heavy atom. The number of hydrogen-bond acceptors (Lipinski definition) is 5. The van der Waals surface area contributed by atoms with Crippen molar-refractivity contribution in [2.24, 2.45) is 0 Å². The van der Waals surface area contributed by atoms with Crippen molar-refractivity contribution >= 4 is 5.82 Å². The summed E-state index contributed by atoms with van der Waals surface area (Å²) in [5.41, 5.74) is 6.68. The summed E-state index contributed by atoms with van der Waals surface area (Å²) in [7, 11) is 0. The van der Waals surface area contributed by atoms with E-state index in [-0.39, 0.29) is 6.10 Å². The first kappa shape index (κ1) is 14.2.